The summed E-state index contributed by atoms with van der Waals surface area (Å²) in [6.07, 6.45) is 4.55. The molecule has 0 saturated carbocycles. The Morgan fingerprint density at radius 3 is 2.70 bits per heavy atom. The predicted molar refractivity (Wildman–Crippen MR) is 69.9 cm³/mol. The van der Waals surface area contributed by atoms with Crippen LogP contribution in [0.1, 0.15) is 10.4 Å². The molecule has 3 aromatic rings. The molecule has 0 unspecified atom stereocenters. The summed E-state index contributed by atoms with van der Waals surface area (Å²) in [5.41, 5.74) is 1.17. The van der Waals surface area contributed by atoms with Gasteiger partial charge in [0, 0.05) is 12.4 Å². The summed E-state index contributed by atoms with van der Waals surface area (Å²) in [4.78, 5) is 23.5. The van der Waals surface area contributed by atoms with Gasteiger partial charge in [0.15, 0.2) is 11.6 Å². The van der Waals surface area contributed by atoms with E-state index in [4.69, 9.17) is 9.52 Å². The van der Waals surface area contributed by atoms with Gasteiger partial charge < -0.3 is 9.52 Å². The molecule has 0 aliphatic rings. The van der Waals surface area contributed by atoms with Gasteiger partial charge in [-0.1, -0.05) is 0 Å². The van der Waals surface area contributed by atoms with E-state index in [1.54, 1.807) is 24.4 Å². The third-order valence-corrected chi connectivity index (χ3v) is 2.67. The van der Waals surface area contributed by atoms with Gasteiger partial charge in [0.05, 0.1) is 23.2 Å². The molecule has 6 nitrogen and oxygen atoms in total. The Kier molecular flexibility index (Phi) is 2.96. The zero-order valence-electron chi connectivity index (χ0n) is 10.2. The number of carboxylic acid groups (broad SMARTS) is 1. The van der Waals surface area contributed by atoms with Crippen LogP contribution in [0.2, 0.25) is 0 Å². The third kappa shape index (κ3) is 2.26. The van der Waals surface area contributed by atoms with Crippen molar-refractivity contribution in [1.82, 2.24) is 15.0 Å². The lowest BCUT2D eigenvalue weighted by atomic mass is 10.2. The molecule has 0 spiro atoms. The Balaban J connectivity index is 2.04. The number of hydrogen-bond donors (Lipinski definition) is 1. The second-order valence-electron chi connectivity index (χ2n) is 3.98. The summed E-state index contributed by atoms with van der Waals surface area (Å²) in [7, 11) is 0. The number of nitrogens with zero attached hydrogens (tertiary/aromatic N) is 3. The van der Waals surface area contributed by atoms with Crippen LogP contribution in [0.25, 0.3) is 23.0 Å². The van der Waals surface area contributed by atoms with E-state index in [0.717, 1.165) is 0 Å². The monoisotopic (exact) mass is 267 g/mol. The summed E-state index contributed by atoms with van der Waals surface area (Å²) in [6, 6.07) is 8.06. The van der Waals surface area contributed by atoms with Crippen LogP contribution in [0.15, 0.2) is 53.4 Å². The van der Waals surface area contributed by atoms with Crippen molar-refractivity contribution in [3.63, 3.8) is 0 Å². The minimum atomic E-state index is -1.01. The fourth-order valence-corrected chi connectivity index (χ4v) is 1.73. The number of aromatic carboxylic acids is 1. The van der Waals surface area contributed by atoms with Crippen LogP contribution in [0.4, 0.5) is 0 Å². The number of aromatic nitrogens is 3. The first-order valence-corrected chi connectivity index (χ1v) is 5.81. The van der Waals surface area contributed by atoms with E-state index in [9.17, 15) is 4.79 Å². The van der Waals surface area contributed by atoms with Gasteiger partial charge in [-0.05, 0) is 30.3 Å². The molecule has 20 heavy (non-hydrogen) atoms. The zero-order chi connectivity index (χ0) is 13.9. The summed E-state index contributed by atoms with van der Waals surface area (Å²) in [6.45, 7) is 0. The third-order valence-electron chi connectivity index (χ3n) is 2.67. The summed E-state index contributed by atoms with van der Waals surface area (Å²) in [5.74, 6) is -0.0368. The number of furan rings is 1. The molecule has 3 heterocycles. The van der Waals surface area contributed by atoms with Crippen molar-refractivity contribution in [2.75, 3.05) is 0 Å². The highest BCUT2D eigenvalue weighted by Gasteiger charge is 2.10. The lowest BCUT2D eigenvalue weighted by Crippen LogP contribution is -1.98. The van der Waals surface area contributed by atoms with Gasteiger partial charge in [0.25, 0.3) is 0 Å². The first-order valence-electron chi connectivity index (χ1n) is 5.81. The van der Waals surface area contributed by atoms with Crippen LogP contribution in [0.3, 0.4) is 0 Å². The summed E-state index contributed by atoms with van der Waals surface area (Å²) in [5, 5.41) is 8.99. The molecular weight excluding hydrogens is 258 g/mol. The van der Waals surface area contributed by atoms with Gasteiger partial charge >= 0.3 is 5.97 Å². The summed E-state index contributed by atoms with van der Waals surface area (Å²) < 4.78 is 5.23. The van der Waals surface area contributed by atoms with Gasteiger partial charge in [0.2, 0.25) is 0 Å². The van der Waals surface area contributed by atoms with Crippen molar-refractivity contribution in [1.29, 1.82) is 0 Å². The molecular formula is C14H9N3O3. The minimum Gasteiger partial charge on any atom is -0.478 e. The Labute approximate surface area is 113 Å². The molecule has 0 bridgehead atoms. The highest BCUT2D eigenvalue weighted by molar-refractivity contribution is 5.88. The molecule has 98 valence electrons. The average molecular weight is 267 g/mol. The number of carbonyl (C=O) groups is 1. The molecule has 0 amide bonds. The quantitative estimate of drug-likeness (QED) is 0.784. The maximum atomic E-state index is 11.0. The van der Waals surface area contributed by atoms with E-state index in [1.807, 2.05) is 0 Å². The Morgan fingerprint density at radius 1 is 1.10 bits per heavy atom. The lowest BCUT2D eigenvalue weighted by Gasteiger charge is -2.02. The maximum absolute atomic E-state index is 11.0. The van der Waals surface area contributed by atoms with Crippen molar-refractivity contribution >= 4 is 5.97 Å². The van der Waals surface area contributed by atoms with Crippen LogP contribution < -0.4 is 0 Å². The Hall–Kier alpha value is -3.02. The zero-order valence-corrected chi connectivity index (χ0v) is 10.2. The highest BCUT2D eigenvalue weighted by atomic mass is 16.4. The van der Waals surface area contributed by atoms with Crippen molar-refractivity contribution in [3.05, 3.63) is 54.6 Å². The topological polar surface area (TPSA) is 89.1 Å². The van der Waals surface area contributed by atoms with Crippen molar-refractivity contribution in [3.8, 4) is 23.0 Å². The normalized spacial score (nSPS) is 10.4. The molecule has 0 aromatic carbocycles. The molecule has 0 aliphatic carbocycles. The van der Waals surface area contributed by atoms with Crippen molar-refractivity contribution in [2.45, 2.75) is 0 Å². The van der Waals surface area contributed by atoms with E-state index < -0.39 is 5.97 Å². The number of rotatable bonds is 3. The van der Waals surface area contributed by atoms with E-state index in [1.165, 1.54) is 24.6 Å². The van der Waals surface area contributed by atoms with E-state index in [2.05, 4.69) is 15.0 Å². The van der Waals surface area contributed by atoms with Crippen LogP contribution >= 0.6 is 0 Å². The molecule has 0 aliphatic heterocycles. The van der Waals surface area contributed by atoms with Gasteiger partial charge in [-0.15, -0.1) is 0 Å². The molecule has 0 atom stereocenters. The Morgan fingerprint density at radius 2 is 1.95 bits per heavy atom. The van der Waals surface area contributed by atoms with E-state index >= 15 is 0 Å². The molecule has 0 radical (unpaired) electrons. The lowest BCUT2D eigenvalue weighted by molar-refractivity contribution is 0.0697. The Bertz CT molecular complexity index is 754. The largest absolute Gasteiger partial charge is 0.478 e. The molecule has 0 fully saturated rings. The first kappa shape index (κ1) is 12.0. The van der Waals surface area contributed by atoms with Crippen molar-refractivity contribution in [2.24, 2.45) is 0 Å². The second-order valence-corrected chi connectivity index (χ2v) is 3.98. The molecule has 0 saturated heterocycles. The number of pyridine rings is 1. The van der Waals surface area contributed by atoms with Crippen LogP contribution in [-0.4, -0.2) is 26.0 Å². The standard InChI is InChI=1S/C14H9N3O3/c18-14(19)9-3-5-15-11(8-9)10-4-6-16-13(17-10)12-2-1-7-20-12/h1-8H,(H,18,19). The maximum Gasteiger partial charge on any atom is 0.335 e. The molecule has 3 rings (SSSR count). The number of carboxylic acids is 1. The van der Waals surface area contributed by atoms with Crippen LogP contribution in [0.5, 0.6) is 0 Å². The van der Waals surface area contributed by atoms with E-state index in [0.29, 0.717) is 23.0 Å². The molecule has 3 aromatic heterocycles. The first-order chi connectivity index (χ1) is 9.74. The van der Waals surface area contributed by atoms with Gasteiger partial charge in [-0.3, -0.25) is 4.98 Å². The van der Waals surface area contributed by atoms with Crippen LogP contribution in [0, 0.1) is 0 Å². The van der Waals surface area contributed by atoms with Gasteiger partial charge in [-0.25, -0.2) is 14.8 Å². The highest BCUT2D eigenvalue weighted by Crippen LogP contribution is 2.20. The predicted octanol–water partition coefficient (Wildman–Crippen LogP) is 2.50. The SMILES string of the molecule is O=C(O)c1ccnc(-c2ccnc(-c3ccco3)n2)c1. The van der Waals surface area contributed by atoms with Gasteiger partial charge in [0.1, 0.15) is 0 Å². The molecule has 1 N–H and O–H groups in total. The van der Waals surface area contributed by atoms with Crippen LogP contribution in [-0.2, 0) is 0 Å². The van der Waals surface area contributed by atoms with Gasteiger partial charge in [-0.2, -0.15) is 0 Å². The smallest absolute Gasteiger partial charge is 0.335 e. The average Bonchev–Trinajstić information content (AvgIpc) is 3.02. The summed E-state index contributed by atoms with van der Waals surface area (Å²) >= 11 is 0. The fraction of sp³-hybridized carbons (Fsp3) is 0. The molecule has 6 heteroatoms. The van der Waals surface area contributed by atoms with E-state index in [-0.39, 0.29) is 5.56 Å². The minimum absolute atomic E-state index is 0.160. The fourth-order valence-electron chi connectivity index (χ4n) is 1.73. The second kappa shape index (κ2) is 4.93. The van der Waals surface area contributed by atoms with Crippen molar-refractivity contribution < 1.29 is 14.3 Å². The number of hydrogen-bond acceptors (Lipinski definition) is 5.